The first-order chi connectivity index (χ1) is 12.1. The van der Waals surface area contributed by atoms with Gasteiger partial charge in [0.25, 0.3) is 0 Å². The molecular weight excluding hydrogens is 425 g/mol. The molecule has 0 bridgehead atoms. The molecule has 2 aliphatic heterocycles. The fourth-order valence-electron chi connectivity index (χ4n) is 3.38. The first-order valence-electron chi connectivity index (χ1n) is 9.13. The van der Waals surface area contributed by atoms with E-state index in [0.29, 0.717) is 19.8 Å². The second-order valence-electron chi connectivity index (χ2n) is 7.01. The second-order valence-corrected chi connectivity index (χ2v) is 7.01. The molecule has 7 nitrogen and oxygen atoms in total. The summed E-state index contributed by atoms with van der Waals surface area (Å²) in [5.41, 5.74) is 7.18. The summed E-state index contributed by atoms with van der Waals surface area (Å²) < 4.78 is 5.33. The summed E-state index contributed by atoms with van der Waals surface area (Å²) in [5, 5.41) is 2.97. The molecule has 3 N–H and O–H groups in total. The van der Waals surface area contributed by atoms with E-state index in [2.05, 4.69) is 33.2 Å². The van der Waals surface area contributed by atoms with Crippen LogP contribution < -0.4 is 16.0 Å². The van der Waals surface area contributed by atoms with Crippen LogP contribution in [0.1, 0.15) is 18.4 Å². The van der Waals surface area contributed by atoms with Gasteiger partial charge in [-0.15, -0.1) is 37.2 Å². The minimum atomic E-state index is -0.456. The fraction of sp³-hybridized carbons (Fsp3) is 0.667. The smallest absolute Gasteiger partial charge is 0.237 e. The van der Waals surface area contributed by atoms with Gasteiger partial charge in [0.15, 0.2) is 0 Å². The van der Waals surface area contributed by atoms with Crippen molar-refractivity contribution in [3.63, 3.8) is 0 Å². The lowest BCUT2D eigenvalue weighted by Gasteiger charge is -2.33. The van der Waals surface area contributed by atoms with Crippen molar-refractivity contribution in [3.8, 4) is 0 Å². The Morgan fingerprint density at radius 1 is 1.25 bits per heavy atom. The summed E-state index contributed by atoms with van der Waals surface area (Å²) in [4.78, 5) is 21.4. The zero-order valence-corrected chi connectivity index (χ0v) is 18.7. The number of carbonyl (C=O) groups is 1. The standard InChI is InChI=1S/C18H29N5O2.3ClH/c1-22-6-8-23(9-7-22)16-12-14(2-5-20-16)13-21-18(24)17(19)15-3-10-25-11-4-15;;;/h2,5,12,15,17H,3-4,6-11,13,19H2,1H3,(H,21,24);3*1H. The lowest BCUT2D eigenvalue weighted by atomic mass is 9.92. The van der Waals surface area contributed by atoms with Gasteiger partial charge in [-0.2, -0.15) is 0 Å². The van der Waals surface area contributed by atoms with E-state index in [1.165, 1.54) is 0 Å². The van der Waals surface area contributed by atoms with Crippen molar-refractivity contribution in [2.24, 2.45) is 11.7 Å². The number of ether oxygens (including phenoxy) is 1. The quantitative estimate of drug-likeness (QED) is 0.698. The van der Waals surface area contributed by atoms with Crippen molar-refractivity contribution in [1.82, 2.24) is 15.2 Å². The number of nitrogens with two attached hydrogens (primary N) is 1. The molecule has 0 aliphatic carbocycles. The maximum absolute atomic E-state index is 12.3. The molecule has 2 fully saturated rings. The monoisotopic (exact) mass is 455 g/mol. The van der Waals surface area contributed by atoms with E-state index in [1.54, 1.807) is 0 Å². The molecule has 0 spiro atoms. The molecule has 1 unspecified atom stereocenters. The minimum absolute atomic E-state index is 0. The molecule has 3 heterocycles. The van der Waals surface area contributed by atoms with Crippen LogP contribution in [0.4, 0.5) is 5.82 Å². The van der Waals surface area contributed by atoms with Gasteiger partial charge in [0, 0.05) is 52.1 Å². The zero-order chi connectivity index (χ0) is 17.6. The normalized spacial score (nSPS) is 18.9. The van der Waals surface area contributed by atoms with Gasteiger partial charge in [-0.1, -0.05) is 0 Å². The number of nitrogens with zero attached hydrogens (tertiary/aromatic N) is 3. The van der Waals surface area contributed by atoms with Crippen LogP contribution in [0.5, 0.6) is 0 Å². The van der Waals surface area contributed by atoms with Crippen molar-refractivity contribution < 1.29 is 9.53 Å². The third-order valence-electron chi connectivity index (χ3n) is 5.18. The van der Waals surface area contributed by atoms with Crippen LogP contribution in [0.25, 0.3) is 0 Å². The molecule has 2 aliphatic rings. The number of anilines is 1. The lowest BCUT2D eigenvalue weighted by Crippen LogP contribution is -2.47. The average Bonchev–Trinajstić information content (AvgIpc) is 2.67. The summed E-state index contributed by atoms with van der Waals surface area (Å²) in [6.07, 6.45) is 3.53. The van der Waals surface area contributed by atoms with E-state index in [4.69, 9.17) is 10.5 Å². The van der Waals surface area contributed by atoms with Gasteiger partial charge in [-0.3, -0.25) is 4.79 Å². The molecular formula is C18H32Cl3N5O2. The number of aromatic nitrogens is 1. The highest BCUT2D eigenvalue weighted by molar-refractivity contribution is 5.86. The van der Waals surface area contributed by atoms with E-state index in [1.807, 2.05) is 12.3 Å². The molecule has 28 heavy (non-hydrogen) atoms. The summed E-state index contributed by atoms with van der Waals surface area (Å²) >= 11 is 0. The Balaban J connectivity index is 0.00000243. The fourth-order valence-corrected chi connectivity index (χ4v) is 3.38. The molecule has 3 rings (SSSR count). The topological polar surface area (TPSA) is 83.7 Å². The number of nitrogens with one attached hydrogen (secondary N) is 1. The van der Waals surface area contributed by atoms with Crippen molar-refractivity contribution in [3.05, 3.63) is 23.9 Å². The van der Waals surface area contributed by atoms with E-state index < -0.39 is 6.04 Å². The predicted octanol–water partition coefficient (Wildman–Crippen LogP) is 1.47. The molecule has 10 heteroatoms. The number of rotatable bonds is 5. The van der Waals surface area contributed by atoms with Crippen LogP contribution in [-0.4, -0.2) is 68.3 Å². The Kier molecular flexibility index (Phi) is 13.0. The number of hydrogen-bond acceptors (Lipinski definition) is 6. The Labute approximate surface area is 186 Å². The number of halogens is 3. The van der Waals surface area contributed by atoms with Crippen LogP contribution in [0.3, 0.4) is 0 Å². The molecule has 162 valence electrons. The van der Waals surface area contributed by atoms with E-state index >= 15 is 0 Å². The first kappa shape index (κ1) is 27.2. The highest BCUT2D eigenvalue weighted by Gasteiger charge is 2.26. The number of amides is 1. The summed E-state index contributed by atoms with van der Waals surface area (Å²) in [6.45, 7) is 5.93. The number of pyridine rings is 1. The minimum Gasteiger partial charge on any atom is -0.381 e. The molecule has 2 saturated heterocycles. The van der Waals surface area contributed by atoms with Gasteiger partial charge < -0.3 is 25.6 Å². The largest absolute Gasteiger partial charge is 0.381 e. The van der Waals surface area contributed by atoms with Gasteiger partial charge in [-0.05, 0) is 43.5 Å². The van der Waals surface area contributed by atoms with Gasteiger partial charge >= 0.3 is 0 Å². The second kappa shape index (κ2) is 13.4. The van der Waals surface area contributed by atoms with Crippen molar-refractivity contribution in [2.45, 2.75) is 25.4 Å². The highest BCUT2D eigenvalue weighted by atomic mass is 35.5. The molecule has 0 saturated carbocycles. The van der Waals surface area contributed by atoms with Crippen LogP contribution in [0, 0.1) is 5.92 Å². The van der Waals surface area contributed by atoms with E-state index in [-0.39, 0.29) is 49.0 Å². The number of carbonyl (C=O) groups excluding carboxylic acids is 1. The third kappa shape index (κ3) is 7.54. The first-order valence-corrected chi connectivity index (χ1v) is 9.13. The van der Waals surface area contributed by atoms with Gasteiger partial charge in [0.2, 0.25) is 5.91 Å². The SMILES string of the molecule is CN1CCN(c2cc(CNC(=O)C(N)C3CCOCC3)ccn2)CC1.Cl.Cl.Cl. The number of piperazine rings is 1. The highest BCUT2D eigenvalue weighted by Crippen LogP contribution is 2.18. The van der Waals surface area contributed by atoms with Crippen molar-refractivity contribution >= 4 is 48.9 Å². The summed E-state index contributed by atoms with van der Waals surface area (Å²) in [6, 6.07) is 3.55. The van der Waals surface area contributed by atoms with Gasteiger partial charge in [0.05, 0.1) is 6.04 Å². The Hall–Kier alpha value is -0.830. The van der Waals surface area contributed by atoms with E-state index in [9.17, 15) is 4.79 Å². The number of hydrogen-bond donors (Lipinski definition) is 2. The van der Waals surface area contributed by atoms with Crippen LogP contribution in [0.15, 0.2) is 18.3 Å². The summed E-state index contributed by atoms with van der Waals surface area (Å²) in [5.74, 6) is 1.12. The molecule has 1 atom stereocenters. The molecule has 1 aromatic rings. The average molecular weight is 457 g/mol. The zero-order valence-electron chi connectivity index (χ0n) is 16.2. The van der Waals surface area contributed by atoms with Crippen LogP contribution >= 0.6 is 37.2 Å². The third-order valence-corrected chi connectivity index (χ3v) is 5.18. The van der Waals surface area contributed by atoms with Gasteiger partial charge in [-0.25, -0.2) is 4.98 Å². The molecule has 0 aromatic carbocycles. The van der Waals surface area contributed by atoms with Crippen molar-refractivity contribution in [1.29, 1.82) is 0 Å². The molecule has 1 amide bonds. The lowest BCUT2D eigenvalue weighted by molar-refractivity contribution is -0.124. The van der Waals surface area contributed by atoms with Gasteiger partial charge in [0.1, 0.15) is 5.82 Å². The molecule has 0 radical (unpaired) electrons. The molecule has 1 aromatic heterocycles. The summed E-state index contributed by atoms with van der Waals surface area (Å²) in [7, 11) is 2.14. The number of likely N-dealkylation sites (N-methyl/N-ethyl adjacent to an activating group) is 1. The maximum Gasteiger partial charge on any atom is 0.237 e. The Bertz CT molecular complexity index is 582. The van der Waals surface area contributed by atoms with E-state index in [0.717, 1.165) is 50.4 Å². The Morgan fingerprint density at radius 2 is 1.89 bits per heavy atom. The van der Waals surface area contributed by atoms with Crippen LogP contribution in [-0.2, 0) is 16.1 Å². The predicted molar refractivity (Wildman–Crippen MR) is 119 cm³/mol. The van der Waals surface area contributed by atoms with Crippen LogP contribution in [0.2, 0.25) is 0 Å². The van der Waals surface area contributed by atoms with Crippen molar-refractivity contribution in [2.75, 3.05) is 51.3 Å². The Morgan fingerprint density at radius 3 is 2.54 bits per heavy atom. The maximum atomic E-state index is 12.3.